The summed E-state index contributed by atoms with van der Waals surface area (Å²) in [5.41, 5.74) is 7.26. The van der Waals surface area contributed by atoms with Gasteiger partial charge < -0.3 is 15.5 Å². The first kappa shape index (κ1) is 17.1. The average Bonchev–Trinajstić information content (AvgIpc) is 3.39. The minimum Gasteiger partial charge on any atom is -0.411 e. The van der Waals surface area contributed by atoms with Gasteiger partial charge in [-0.15, -0.1) is 0 Å². The quantitative estimate of drug-likeness (QED) is 0.482. The molecule has 28 heavy (non-hydrogen) atoms. The van der Waals surface area contributed by atoms with Gasteiger partial charge in [0.25, 0.3) is 0 Å². The molecule has 1 fully saturated rings. The number of nitrogens with one attached hydrogen (secondary N) is 2. The lowest BCUT2D eigenvalue weighted by molar-refractivity contribution is 0.318. The van der Waals surface area contributed by atoms with Gasteiger partial charge in [-0.3, -0.25) is 4.98 Å². The second kappa shape index (κ2) is 7.20. The number of aryl methyl sites for hydroxylation is 1. The summed E-state index contributed by atoms with van der Waals surface area (Å²) in [6, 6.07) is 10.4. The van der Waals surface area contributed by atoms with E-state index in [1.54, 1.807) is 0 Å². The zero-order valence-electron chi connectivity index (χ0n) is 15.7. The number of piperidine rings is 1. The number of hydrogen-bond acceptors (Lipinski definition) is 5. The largest absolute Gasteiger partial charge is 0.411 e. The Bertz CT molecular complexity index is 1020. The van der Waals surface area contributed by atoms with Crippen molar-refractivity contribution in [3.8, 4) is 22.5 Å². The summed E-state index contributed by atoms with van der Waals surface area (Å²) in [4.78, 5) is 12.8. The van der Waals surface area contributed by atoms with Gasteiger partial charge in [0, 0.05) is 35.0 Å². The lowest BCUT2D eigenvalue weighted by Crippen LogP contribution is -2.27. The molecular weight excluding hydrogens is 350 g/mol. The maximum absolute atomic E-state index is 9.20. The highest BCUT2D eigenvalue weighted by Gasteiger charge is 2.24. The smallest absolute Gasteiger partial charge is 0.110 e. The van der Waals surface area contributed by atoms with Gasteiger partial charge in [0.05, 0.1) is 17.1 Å². The molecule has 0 spiro atoms. The van der Waals surface area contributed by atoms with Gasteiger partial charge in [-0.05, 0) is 62.5 Å². The van der Waals surface area contributed by atoms with Crippen LogP contribution in [-0.2, 0) is 6.42 Å². The van der Waals surface area contributed by atoms with Crippen molar-refractivity contribution in [3.05, 3.63) is 59.7 Å². The van der Waals surface area contributed by atoms with Gasteiger partial charge >= 0.3 is 0 Å². The third-order valence-corrected chi connectivity index (χ3v) is 5.86. The van der Waals surface area contributed by atoms with Crippen LogP contribution in [0.25, 0.3) is 22.5 Å². The van der Waals surface area contributed by atoms with Crippen LogP contribution in [0.4, 0.5) is 0 Å². The van der Waals surface area contributed by atoms with Crippen LogP contribution in [0.1, 0.15) is 42.1 Å². The number of aromatic amines is 1. The fourth-order valence-corrected chi connectivity index (χ4v) is 4.34. The molecule has 6 heteroatoms. The van der Waals surface area contributed by atoms with Crippen LogP contribution in [0, 0.1) is 0 Å². The lowest BCUT2D eigenvalue weighted by Gasteiger charge is -2.20. The van der Waals surface area contributed by atoms with Crippen LogP contribution >= 0.6 is 0 Å². The van der Waals surface area contributed by atoms with E-state index in [0.29, 0.717) is 5.92 Å². The maximum Gasteiger partial charge on any atom is 0.110 e. The molecule has 0 amide bonds. The zero-order chi connectivity index (χ0) is 18.9. The van der Waals surface area contributed by atoms with E-state index < -0.39 is 0 Å². The highest BCUT2D eigenvalue weighted by atomic mass is 16.4. The number of H-pyrrole nitrogens is 1. The van der Waals surface area contributed by atoms with Crippen molar-refractivity contribution in [2.75, 3.05) is 13.1 Å². The summed E-state index contributed by atoms with van der Waals surface area (Å²) in [5, 5.41) is 16.1. The third-order valence-electron chi connectivity index (χ3n) is 5.86. The number of oxime groups is 1. The van der Waals surface area contributed by atoms with Gasteiger partial charge in [0.1, 0.15) is 5.82 Å². The van der Waals surface area contributed by atoms with E-state index in [2.05, 4.69) is 38.6 Å². The molecule has 1 aliphatic carbocycles. The fraction of sp³-hybridized carbons (Fsp3) is 0.318. The van der Waals surface area contributed by atoms with Crippen molar-refractivity contribution in [1.82, 2.24) is 20.3 Å². The Kier molecular flexibility index (Phi) is 4.41. The van der Waals surface area contributed by atoms with Crippen LogP contribution < -0.4 is 5.32 Å². The molecule has 0 bridgehead atoms. The van der Waals surface area contributed by atoms with E-state index in [4.69, 9.17) is 4.98 Å². The summed E-state index contributed by atoms with van der Waals surface area (Å²) >= 11 is 0. The highest BCUT2D eigenvalue weighted by molar-refractivity contribution is 6.04. The molecule has 3 N–H and O–H groups in total. The first-order valence-electron chi connectivity index (χ1n) is 9.89. The van der Waals surface area contributed by atoms with E-state index in [1.807, 2.05) is 24.5 Å². The molecule has 3 aromatic rings. The topological polar surface area (TPSA) is 86.2 Å². The Morgan fingerprint density at radius 2 is 1.82 bits per heavy atom. The van der Waals surface area contributed by atoms with Gasteiger partial charge in [0.2, 0.25) is 0 Å². The second-order valence-corrected chi connectivity index (χ2v) is 7.52. The standard InChI is InChI=1S/C22H23N5O/c28-27-19-4-2-16-13-17(1-3-18(16)19)21-20(14-5-9-23-10-6-14)25-22(26-21)15-7-11-24-12-8-15/h1,3,5-6,9-10,13,15,24,28H,2,4,7-8,11-12H2,(H,25,26)/b27-19+. The van der Waals surface area contributed by atoms with E-state index in [1.165, 1.54) is 5.56 Å². The van der Waals surface area contributed by atoms with Crippen molar-refractivity contribution in [2.24, 2.45) is 5.16 Å². The fourth-order valence-electron chi connectivity index (χ4n) is 4.34. The number of benzene rings is 1. The molecule has 0 unspecified atom stereocenters. The molecule has 1 aliphatic heterocycles. The first-order chi connectivity index (χ1) is 13.8. The number of imidazole rings is 1. The van der Waals surface area contributed by atoms with Gasteiger partial charge in [-0.1, -0.05) is 17.3 Å². The predicted molar refractivity (Wildman–Crippen MR) is 109 cm³/mol. The van der Waals surface area contributed by atoms with Gasteiger partial charge in [0.15, 0.2) is 0 Å². The molecule has 0 radical (unpaired) electrons. The third kappa shape index (κ3) is 2.99. The average molecular weight is 373 g/mol. The highest BCUT2D eigenvalue weighted by Crippen LogP contribution is 2.35. The lowest BCUT2D eigenvalue weighted by atomic mass is 9.97. The summed E-state index contributed by atoms with van der Waals surface area (Å²) in [5.74, 6) is 1.53. The van der Waals surface area contributed by atoms with Crippen molar-refractivity contribution in [1.29, 1.82) is 0 Å². The van der Waals surface area contributed by atoms with Gasteiger partial charge in [-0.25, -0.2) is 4.98 Å². The van der Waals surface area contributed by atoms with Crippen molar-refractivity contribution in [2.45, 2.75) is 31.6 Å². The van der Waals surface area contributed by atoms with E-state index >= 15 is 0 Å². The summed E-state index contributed by atoms with van der Waals surface area (Å²) in [6.07, 6.45) is 7.52. The van der Waals surface area contributed by atoms with Crippen LogP contribution in [0.2, 0.25) is 0 Å². The molecule has 142 valence electrons. The molecule has 2 aliphatic rings. The van der Waals surface area contributed by atoms with Crippen molar-refractivity contribution >= 4 is 5.71 Å². The maximum atomic E-state index is 9.20. The van der Waals surface area contributed by atoms with E-state index in [9.17, 15) is 5.21 Å². The molecular formula is C22H23N5O. The molecule has 5 rings (SSSR count). The number of fused-ring (bicyclic) bond motifs is 1. The summed E-state index contributed by atoms with van der Waals surface area (Å²) < 4.78 is 0. The summed E-state index contributed by atoms with van der Waals surface area (Å²) in [6.45, 7) is 2.07. The van der Waals surface area contributed by atoms with E-state index in [-0.39, 0.29) is 0 Å². The Hall–Kier alpha value is -2.99. The molecule has 3 heterocycles. The Balaban J connectivity index is 1.61. The first-order valence-corrected chi connectivity index (χ1v) is 9.89. The Morgan fingerprint density at radius 1 is 1.00 bits per heavy atom. The molecule has 6 nitrogen and oxygen atoms in total. The van der Waals surface area contributed by atoms with Gasteiger partial charge in [-0.2, -0.15) is 0 Å². The number of hydrogen-bond donors (Lipinski definition) is 3. The molecule has 0 saturated carbocycles. The summed E-state index contributed by atoms with van der Waals surface area (Å²) in [7, 11) is 0. The monoisotopic (exact) mass is 373 g/mol. The number of pyridine rings is 1. The van der Waals surface area contributed by atoms with Crippen LogP contribution in [0.5, 0.6) is 0 Å². The minimum absolute atomic E-state index is 0.457. The predicted octanol–water partition coefficient (Wildman–Crippen LogP) is 3.73. The number of nitrogens with zero attached hydrogens (tertiary/aromatic N) is 3. The van der Waals surface area contributed by atoms with Crippen LogP contribution in [0.3, 0.4) is 0 Å². The molecule has 1 aromatic carbocycles. The van der Waals surface area contributed by atoms with Crippen LogP contribution in [0.15, 0.2) is 47.9 Å². The Morgan fingerprint density at radius 3 is 2.61 bits per heavy atom. The molecule has 1 saturated heterocycles. The SMILES string of the molecule is O/N=C1\CCc2cc(-c3nc(C4CCNCC4)[nH]c3-c3ccncc3)ccc21. The number of aromatic nitrogens is 3. The Labute approximate surface area is 163 Å². The minimum atomic E-state index is 0.457. The van der Waals surface area contributed by atoms with Crippen molar-refractivity contribution in [3.63, 3.8) is 0 Å². The van der Waals surface area contributed by atoms with Crippen LogP contribution in [-0.4, -0.2) is 39.0 Å². The van der Waals surface area contributed by atoms with E-state index in [0.717, 1.165) is 78.4 Å². The number of rotatable bonds is 3. The molecule has 0 atom stereocenters. The normalized spacial score (nSPS) is 18.5. The second-order valence-electron chi connectivity index (χ2n) is 7.52. The zero-order valence-corrected chi connectivity index (χ0v) is 15.7. The van der Waals surface area contributed by atoms with Crippen molar-refractivity contribution < 1.29 is 5.21 Å². The molecule has 2 aromatic heterocycles.